The Hall–Kier alpha value is -2.38. The van der Waals surface area contributed by atoms with Gasteiger partial charge in [0.2, 0.25) is 0 Å². The summed E-state index contributed by atoms with van der Waals surface area (Å²) in [4.78, 5) is 32.6. The third-order valence-corrected chi connectivity index (χ3v) is 6.18. The molecule has 4 rings (SSSR count). The number of halogens is 1. The minimum Gasteiger partial charge on any atom is -0.317 e. The molecule has 1 aromatic carbocycles. The Morgan fingerprint density at radius 2 is 1.93 bits per heavy atom. The highest BCUT2D eigenvalue weighted by Crippen LogP contribution is 2.22. The summed E-state index contributed by atoms with van der Waals surface area (Å²) in [5.41, 5.74) is 1.18. The summed E-state index contributed by atoms with van der Waals surface area (Å²) in [7, 11) is 3.17. The summed E-state index contributed by atoms with van der Waals surface area (Å²) >= 11 is 6.18. The Morgan fingerprint density at radius 1 is 1.14 bits per heavy atom. The molecule has 0 radical (unpaired) electrons. The topological polar surface area (TPSA) is 65.1 Å². The summed E-state index contributed by atoms with van der Waals surface area (Å²) in [6.07, 6.45) is 3.57. The first-order chi connectivity index (χ1) is 13.9. The average molecular weight is 416 g/mol. The van der Waals surface area contributed by atoms with Crippen LogP contribution in [0.4, 0.5) is 0 Å². The number of fused-ring (bicyclic) bond motifs is 1. The summed E-state index contributed by atoms with van der Waals surface area (Å²) in [5.74, 6) is 0.798. The molecule has 3 heterocycles. The summed E-state index contributed by atoms with van der Waals surface area (Å²) in [6, 6.07) is 8.08. The Morgan fingerprint density at radius 3 is 2.66 bits per heavy atom. The van der Waals surface area contributed by atoms with Gasteiger partial charge in [-0.2, -0.15) is 0 Å². The van der Waals surface area contributed by atoms with Crippen LogP contribution in [0.3, 0.4) is 0 Å². The zero-order valence-corrected chi connectivity index (χ0v) is 17.8. The van der Waals surface area contributed by atoms with Gasteiger partial charge in [0.25, 0.3) is 5.56 Å². The number of hydrogen-bond acceptors (Lipinski definition) is 4. The predicted octanol–water partition coefficient (Wildman–Crippen LogP) is 2.51. The van der Waals surface area contributed by atoms with Crippen molar-refractivity contribution in [2.45, 2.75) is 45.3 Å². The van der Waals surface area contributed by atoms with E-state index in [-0.39, 0.29) is 11.2 Å². The second-order valence-electron chi connectivity index (χ2n) is 7.94. The first kappa shape index (κ1) is 19.9. The lowest BCUT2D eigenvalue weighted by molar-refractivity contribution is 0.147. The molecule has 1 aliphatic heterocycles. The maximum absolute atomic E-state index is 13.0. The third-order valence-electron chi connectivity index (χ3n) is 5.94. The van der Waals surface area contributed by atoms with Crippen molar-refractivity contribution in [2.75, 3.05) is 6.54 Å². The maximum atomic E-state index is 13.0. The molecule has 7 nitrogen and oxygen atoms in total. The minimum absolute atomic E-state index is 0.324. The van der Waals surface area contributed by atoms with Crippen molar-refractivity contribution >= 4 is 22.8 Å². The molecule has 1 saturated heterocycles. The number of nitrogens with zero attached hydrogens (tertiary/aromatic N) is 5. The molecule has 0 saturated carbocycles. The number of piperidine rings is 1. The molecule has 0 spiro atoms. The molecule has 1 fully saturated rings. The molecule has 0 aliphatic carbocycles. The van der Waals surface area contributed by atoms with Gasteiger partial charge in [0.1, 0.15) is 5.82 Å². The number of hydrogen-bond donors (Lipinski definition) is 0. The van der Waals surface area contributed by atoms with Crippen LogP contribution >= 0.6 is 11.6 Å². The highest BCUT2D eigenvalue weighted by Gasteiger charge is 2.24. The van der Waals surface area contributed by atoms with Gasteiger partial charge in [-0.05, 0) is 44.0 Å². The van der Waals surface area contributed by atoms with E-state index < -0.39 is 0 Å². The lowest BCUT2D eigenvalue weighted by Crippen LogP contribution is -2.38. The van der Waals surface area contributed by atoms with E-state index in [4.69, 9.17) is 16.6 Å². The lowest BCUT2D eigenvalue weighted by atomic mass is 10.0. The Labute approximate surface area is 174 Å². The standard InChI is InChI=1S/C21H26ClN5O2/c1-14-7-4-5-10-26(14)13-17-23-19-18(20(28)25(3)21(29)24(19)2)27(17)12-15-8-6-9-16(22)11-15/h6,8-9,11,14H,4-5,7,10,12-13H2,1-3H3/t14-/m1/s1. The number of benzene rings is 1. The van der Waals surface area contributed by atoms with Crippen molar-refractivity contribution in [3.05, 3.63) is 61.5 Å². The van der Waals surface area contributed by atoms with Crippen molar-refractivity contribution in [3.63, 3.8) is 0 Å². The van der Waals surface area contributed by atoms with Crippen LogP contribution in [-0.2, 0) is 27.2 Å². The van der Waals surface area contributed by atoms with Crippen molar-refractivity contribution in [1.29, 1.82) is 0 Å². The van der Waals surface area contributed by atoms with Gasteiger partial charge >= 0.3 is 5.69 Å². The van der Waals surface area contributed by atoms with Gasteiger partial charge < -0.3 is 4.57 Å². The van der Waals surface area contributed by atoms with Gasteiger partial charge in [-0.25, -0.2) is 9.78 Å². The zero-order chi connectivity index (χ0) is 20.7. The number of rotatable bonds is 4. The number of imidazole rings is 1. The first-order valence-electron chi connectivity index (χ1n) is 10.0. The van der Waals surface area contributed by atoms with Gasteiger partial charge in [0, 0.05) is 31.7 Å². The van der Waals surface area contributed by atoms with Gasteiger partial charge in [0.05, 0.1) is 6.54 Å². The fourth-order valence-electron chi connectivity index (χ4n) is 4.17. The van der Waals surface area contributed by atoms with E-state index in [1.54, 1.807) is 7.05 Å². The summed E-state index contributed by atoms with van der Waals surface area (Å²) < 4.78 is 4.55. The number of likely N-dealkylation sites (tertiary alicyclic amines) is 1. The SMILES string of the molecule is C[C@@H]1CCCCN1Cc1nc2c(c(=O)n(C)c(=O)n2C)n1Cc1cccc(Cl)c1. The molecule has 0 N–H and O–H groups in total. The van der Waals surface area contributed by atoms with Crippen LogP contribution in [0.2, 0.25) is 5.02 Å². The van der Waals surface area contributed by atoms with Gasteiger partial charge in [-0.1, -0.05) is 30.2 Å². The van der Waals surface area contributed by atoms with Gasteiger partial charge in [-0.3, -0.25) is 18.8 Å². The predicted molar refractivity (Wildman–Crippen MR) is 114 cm³/mol. The Kier molecular flexibility index (Phi) is 5.36. The van der Waals surface area contributed by atoms with Crippen molar-refractivity contribution in [2.24, 2.45) is 14.1 Å². The van der Waals surface area contributed by atoms with Gasteiger partial charge in [-0.15, -0.1) is 0 Å². The largest absolute Gasteiger partial charge is 0.332 e. The van der Waals surface area contributed by atoms with E-state index in [1.165, 1.54) is 24.5 Å². The fourth-order valence-corrected chi connectivity index (χ4v) is 4.39. The molecule has 29 heavy (non-hydrogen) atoms. The van der Waals surface area contributed by atoms with Crippen molar-refractivity contribution < 1.29 is 0 Å². The second-order valence-corrected chi connectivity index (χ2v) is 8.37. The molecular formula is C21H26ClN5O2. The molecule has 0 unspecified atom stereocenters. The van der Waals surface area contributed by atoms with E-state index in [0.717, 1.165) is 28.9 Å². The maximum Gasteiger partial charge on any atom is 0.332 e. The van der Waals surface area contributed by atoms with Crippen LogP contribution in [0.5, 0.6) is 0 Å². The van der Waals surface area contributed by atoms with Gasteiger partial charge in [0.15, 0.2) is 11.2 Å². The third kappa shape index (κ3) is 3.65. The average Bonchev–Trinajstić information content (AvgIpc) is 3.05. The molecule has 8 heteroatoms. The van der Waals surface area contributed by atoms with Crippen LogP contribution in [0.1, 0.15) is 37.6 Å². The van der Waals surface area contributed by atoms with E-state index in [0.29, 0.717) is 35.3 Å². The molecule has 154 valence electrons. The minimum atomic E-state index is -0.368. The summed E-state index contributed by atoms with van der Waals surface area (Å²) in [5, 5.41) is 0.651. The molecule has 1 aliphatic rings. The number of aromatic nitrogens is 4. The van der Waals surface area contributed by atoms with Crippen molar-refractivity contribution in [1.82, 2.24) is 23.6 Å². The molecule has 0 bridgehead atoms. The second kappa shape index (κ2) is 7.80. The van der Waals surface area contributed by atoms with E-state index in [1.807, 2.05) is 28.8 Å². The lowest BCUT2D eigenvalue weighted by Gasteiger charge is -2.33. The van der Waals surface area contributed by atoms with Crippen molar-refractivity contribution in [3.8, 4) is 0 Å². The van der Waals surface area contributed by atoms with Crippen LogP contribution in [0.25, 0.3) is 11.2 Å². The normalized spacial score (nSPS) is 17.9. The highest BCUT2D eigenvalue weighted by atomic mass is 35.5. The first-order valence-corrected chi connectivity index (χ1v) is 10.4. The molecule has 2 aromatic heterocycles. The van der Waals surface area contributed by atoms with Crippen LogP contribution in [0, 0.1) is 0 Å². The monoisotopic (exact) mass is 415 g/mol. The number of aryl methyl sites for hydroxylation is 1. The highest BCUT2D eigenvalue weighted by molar-refractivity contribution is 6.30. The Balaban J connectivity index is 1.89. The van der Waals surface area contributed by atoms with E-state index in [2.05, 4.69) is 11.8 Å². The fraction of sp³-hybridized carbons (Fsp3) is 0.476. The van der Waals surface area contributed by atoms with E-state index in [9.17, 15) is 9.59 Å². The molecule has 0 amide bonds. The molecule has 3 aromatic rings. The Bertz CT molecular complexity index is 1180. The van der Waals surface area contributed by atoms with Crippen LogP contribution in [0.15, 0.2) is 33.9 Å². The zero-order valence-electron chi connectivity index (χ0n) is 17.1. The summed E-state index contributed by atoms with van der Waals surface area (Å²) in [6.45, 7) is 4.37. The quantitative estimate of drug-likeness (QED) is 0.656. The van der Waals surface area contributed by atoms with Crippen LogP contribution < -0.4 is 11.2 Å². The molecular weight excluding hydrogens is 390 g/mol. The smallest absolute Gasteiger partial charge is 0.317 e. The molecule has 1 atom stereocenters. The van der Waals surface area contributed by atoms with Crippen LogP contribution in [-0.4, -0.2) is 36.2 Å². The van der Waals surface area contributed by atoms with E-state index >= 15 is 0 Å².